The van der Waals surface area contributed by atoms with Crippen LogP contribution in [-0.4, -0.2) is 14.1 Å². The van der Waals surface area contributed by atoms with E-state index in [2.05, 4.69) is 0 Å². The second-order valence-electron chi connectivity index (χ2n) is 4.64. The minimum Gasteiger partial charge on any atom is -0.378 e. The molecular formula is C14H13Cl4N. The van der Waals surface area contributed by atoms with Crippen molar-refractivity contribution in [2.24, 2.45) is 0 Å². The van der Waals surface area contributed by atoms with Crippen LogP contribution in [0, 0.1) is 0 Å². The molecule has 5 heteroatoms. The van der Waals surface area contributed by atoms with Crippen molar-refractivity contribution in [3.05, 3.63) is 50.0 Å². The van der Waals surface area contributed by atoms with Gasteiger partial charge >= 0.3 is 0 Å². The van der Waals surface area contributed by atoms with Gasteiger partial charge in [0.05, 0.1) is 5.03 Å². The molecule has 1 nitrogen and oxygen atoms in total. The molecule has 19 heavy (non-hydrogen) atoms. The Balaban J connectivity index is 2.37. The zero-order valence-electron chi connectivity index (χ0n) is 10.6. The van der Waals surface area contributed by atoms with Crippen LogP contribution in [-0.2, 0) is 0 Å². The molecule has 0 spiro atoms. The average Bonchev–Trinajstić information content (AvgIpc) is 2.34. The van der Waals surface area contributed by atoms with Crippen molar-refractivity contribution in [1.82, 2.24) is 0 Å². The lowest BCUT2D eigenvalue weighted by Gasteiger charge is -2.23. The van der Waals surface area contributed by atoms with Crippen LogP contribution in [0.4, 0.5) is 5.69 Å². The van der Waals surface area contributed by atoms with Crippen molar-refractivity contribution >= 4 is 52.1 Å². The molecule has 1 aliphatic carbocycles. The van der Waals surface area contributed by atoms with E-state index in [1.54, 1.807) is 6.08 Å². The molecule has 1 unspecified atom stereocenters. The van der Waals surface area contributed by atoms with Gasteiger partial charge in [0, 0.05) is 40.8 Å². The summed E-state index contributed by atoms with van der Waals surface area (Å²) in [7, 11) is 3.94. The van der Waals surface area contributed by atoms with Crippen LogP contribution in [0.2, 0.25) is 5.02 Å². The fourth-order valence-electron chi connectivity index (χ4n) is 2.01. The van der Waals surface area contributed by atoms with Crippen molar-refractivity contribution in [3.63, 3.8) is 0 Å². The zero-order valence-corrected chi connectivity index (χ0v) is 13.6. The van der Waals surface area contributed by atoms with E-state index in [1.165, 1.54) is 0 Å². The van der Waals surface area contributed by atoms with Crippen molar-refractivity contribution in [2.75, 3.05) is 19.0 Å². The molecule has 0 fully saturated rings. The van der Waals surface area contributed by atoms with E-state index in [4.69, 9.17) is 46.4 Å². The van der Waals surface area contributed by atoms with Crippen LogP contribution in [0.1, 0.15) is 17.9 Å². The van der Waals surface area contributed by atoms with Gasteiger partial charge in [0.1, 0.15) is 0 Å². The molecule has 1 aliphatic rings. The lowest BCUT2D eigenvalue weighted by Crippen LogP contribution is -2.10. The SMILES string of the molecule is CN(C)c1ccc(C2CC(Cl)=C(Cl)C=C2Cl)c(Cl)c1. The standard InChI is InChI=1S/C14H13Cl4N/c1-19(2)8-3-4-9(11(15)5-8)10-6-13(17)14(18)7-12(10)16/h3-5,7,10H,6H2,1-2H3. The summed E-state index contributed by atoms with van der Waals surface area (Å²) in [5.41, 5.74) is 2.01. The Kier molecular flexibility index (Phi) is 4.73. The molecule has 2 rings (SSSR count). The fourth-order valence-corrected chi connectivity index (χ4v) is 3.08. The number of anilines is 1. The summed E-state index contributed by atoms with van der Waals surface area (Å²) in [6.07, 6.45) is 2.27. The zero-order chi connectivity index (χ0) is 14.2. The van der Waals surface area contributed by atoms with E-state index in [1.807, 2.05) is 37.2 Å². The minimum absolute atomic E-state index is 0.0274. The summed E-state index contributed by atoms with van der Waals surface area (Å²) in [6.45, 7) is 0. The third-order valence-electron chi connectivity index (χ3n) is 3.12. The summed E-state index contributed by atoms with van der Waals surface area (Å²) < 4.78 is 0. The number of hydrogen-bond acceptors (Lipinski definition) is 1. The van der Waals surface area contributed by atoms with E-state index in [0.29, 0.717) is 26.5 Å². The summed E-state index contributed by atoms with van der Waals surface area (Å²) >= 11 is 24.7. The van der Waals surface area contributed by atoms with Crippen LogP contribution in [0.3, 0.4) is 0 Å². The normalized spacial score (nSPS) is 19.5. The van der Waals surface area contributed by atoms with Gasteiger partial charge in [-0.1, -0.05) is 52.5 Å². The molecule has 0 amide bonds. The molecule has 0 bridgehead atoms. The van der Waals surface area contributed by atoms with Crippen LogP contribution in [0.25, 0.3) is 0 Å². The molecule has 1 atom stereocenters. The maximum Gasteiger partial charge on any atom is 0.0563 e. The summed E-state index contributed by atoms with van der Waals surface area (Å²) in [5, 5.41) is 2.46. The highest BCUT2D eigenvalue weighted by atomic mass is 35.5. The van der Waals surface area contributed by atoms with Crippen LogP contribution < -0.4 is 4.90 Å². The van der Waals surface area contributed by atoms with Crippen molar-refractivity contribution in [3.8, 4) is 0 Å². The number of benzene rings is 1. The third-order valence-corrected chi connectivity index (χ3v) is 4.61. The monoisotopic (exact) mass is 335 g/mol. The van der Waals surface area contributed by atoms with Crippen LogP contribution >= 0.6 is 46.4 Å². The largest absolute Gasteiger partial charge is 0.378 e. The minimum atomic E-state index is -0.0274. The highest BCUT2D eigenvalue weighted by Crippen LogP contribution is 2.43. The van der Waals surface area contributed by atoms with Gasteiger partial charge < -0.3 is 4.90 Å². The Hall–Kier alpha value is -0.340. The van der Waals surface area contributed by atoms with Crippen LogP contribution in [0.5, 0.6) is 0 Å². The summed E-state index contributed by atoms with van der Waals surface area (Å²) in [5.74, 6) is -0.0274. The van der Waals surface area contributed by atoms with E-state index < -0.39 is 0 Å². The summed E-state index contributed by atoms with van der Waals surface area (Å²) in [4.78, 5) is 2.00. The first-order chi connectivity index (χ1) is 8.90. The first-order valence-corrected chi connectivity index (χ1v) is 7.29. The van der Waals surface area contributed by atoms with E-state index in [-0.39, 0.29) is 5.92 Å². The molecule has 0 aliphatic heterocycles. The second-order valence-corrected chi connectivity index (χ2v) is 6.35. The Morgan fingerprint density at radius 3 is 2.37 bits per heavy atom. The molecule has 0 saturated heterocycles. The maximum atomic E-state index is 6.35. The quantitative estimate of drug-likeness (QED) is 0.669. The molecule has 0 heterocycles. The van der Waals surface area contributed by atoms with Crippen molar-refractivity contribution < 1.29 is 0 Å². The van der Waals surface area contributed by atoms with Crippen LogP contribution in [0.15, 0.2) is 39.4 Å². The van der Waals surface area contributed by atoms with Gasteiger partial charge in [0.15, 0.2) is 0 Å². The van der Waals surface area contributed by atoms with Gasteiger partial charge in [0.25, 0.3) is 0 Å². The van der Waals surface area contributed by atoms with Gasteiger partial charge in [0.2, 0.25) is 0 Å². The topological polar surface area (TPSA) is 3.24 Å². The maximum absolute atomic E-state index is 6.35. The van der Waals surface area contributed by atoms with Gasteiger partial charge in [-0.25, -0.2) is 0 Å². The Morgan fingerprint density at radius 1 is 1.11 bits per heavy atom. The van der Waals surface area contributed by atoms with Gasteiger partial charge in [-0.2, -0.15) is 0 Å². The van der Waals surface area contributed by atoms with E-state index in [0.717, 1.165) is 11.3 Å². The van der Waals surface area contributed by atoms with Crippen molar-refractivity contribution in [2.45, 2.75) is 12.3 Å². The summed E-state index contributed by atoms with van der Waals surface area (Å²) in [6, 6.07) is 5.93. The van der Waals surface area contributed by atoms with Gasteiger partial charge in [-0.05, 0) is 30.2 Å². The Morgan fingerprint density at radius 2 is 1.79 bits per heavy atom. The van der Waals surface area contributed by atoms with E-state index >= 15 is 0 Å². The number of hydrogen-bond donors (Lipinski definition) is 0. The van der Waals surface area contributed by atoms with Crippen molar-refractivity contribution in [1.29, 1.82) is 0 Å². The molecule has 0 N–H and O–H groups in total. The molecule has 1 aromatic rings. The first-order valence-electron chi connectivity index (χ1n) is 5.78. The third kappa shape index (κ3) is 3.22. The van der Waals surface area contributed by atoms with Gasteiger partial charge in [-0.15, -0.1) is 0 Å². The second kappa shape index (κ2) is 5.97. The average molecular weight is 337 g/mol. The molecule has 0 saturated carbocycles. The highest BCUT2D eigenvalue weighted by Gasteiger charge is 2.24. The number of halogens is 4. The number of nitrogens with zero attached hydrogens (tertiary/aromatic N) is 1. The predicted molar refractivity (Wildman–Crippen MR) is 85.8 cm³/mol. The van der Waals surface area contributed by atoms with E-state index in [9.17, 15) is 0 Å². The molecule has 1 aromatic carbocycles. The highest BCUT2D eigenvalue weighted by molar-refractivity contribution is 6.42. The number of rotatable bonds is 2. The Labute approximate surface area is 133 Å². The molecule has 0 aromatic heterocycles. The van der Waals surface area contributed by atoms with Gasteiger partial charge in [-0.3, -0.25) is 0 Å². The first kappa shape index (κ1) is 15.1. The smallest absolute Gasteiger partial charge is 0.0563 e. The predicted octanol–water partition coefficient (Wildman–Crippen LogP) is 5.71. The lowest BCUT2D eigenvalue weighted by molar-refractivity contribution is 0.824. The lowest BCUT2D eigenvalue weighted by atomic mass is 9.91. The fraction of sp³-hybridized carbons (Fsp3) is 0.286. The molecule has 0 radical (unpaired) electrons. The molecular weight excluding hydrogens is 324 g/mol. The Bertz CT molecular complexity index is 561. The number of allylic oxidation sites excluding steroid dienone is 4. The molecule has 102 valence electrons.